The number of rotatable bonds is 3. The van der Waals surface area contributed by atoms with Gasteiger partial charge in [0.05, 0.1) is 0 Å². The van der Waals surface area contributed by atoms with Crippen LogP contribution >= 0.6 is 17.0 Å². The summed E-state index contributed by atoms with van der Waals surface area (Å²) in [4.78, 5) is 0. The summed E-state index contributed by atoms with van der Waals surface area (Å²) in [5, 5.41) is 0. The van der Waals surface area contributed by atoms with Gasteiger partial charge in [-0.25, -0.2) is 0 Å². The van der Waals surface area contributed by atoms with Crippen molar-refractivity contribution in [1.82, 2.24) is 0 Å². The molecule has 0 aliphatic heterocycles. The molecule has 0 aromatic rings. The van der Waals surface area contributed by atoms with Crippen molar-refractivity contribution in [2.75, 3.05) is 0 Å². The van der Waals surface area contributed by atoms with Gasteiger partial charge in [-0.15, -0.1) is 0 Å². The van der Waals surface area contributed by atoms with Crippen molar-refractivity contribution >= 4 is 17.0 Å². The Bertz CT molecular complexity index is 652. The molecule has 27 heavy (non-hydrogen) atoms. The first kappa shape index (κ1) is 20.2. The third-order valence-electron chi connectivity index (χ3n) is 5.21. The predicted octanol–water partition coefficient (Wildman–Crippen LogP) is 6.55. The van der Waals surface area contributed by atoms with E-state index in [1.165, 1.54) is 47.3 Å². The van der Waals surface area contributed by atoms with E-state index in [1.54, 1.807) is 0 Å². The van der Waals surface area contributed by atoms with Crippen molar-refractivity contribution in [3.63, 3.8) is 0 Å². The molecule has 130 valence electrons. The van der Waals surface area contributed by atoms with Gasteiger partial charge in [0.25, 0.3) is 0 Å². The number of allylic oxidation sites excluding steroid dienone is 12. The molecule has 10 radical (unpaired) electrons. The van der Waals surface area contributed by atoms with Crippen molar-refractivity contribution < 1.29 is 20.8 Å². The van der Waals surface area contributed by atoms with Gasteiger partial charge >= 0.3 is 37.9 Å². The van der Waals surface area contributed by atoms with Gasteiger partial charge < -0.3 is 0 Å². The summed E-state index contributed by atoms with van der Waals surface area (Å²) >= 11 is -0.826. The quantitative estimate of drug-likeness (QED) is 0.441. The average molecular weight is 469 g/mol. The average Bonchev–Trinajstić information content (AvgIpc) is 3.26. The van der Waals surface area contributed by atoms with Gasteiger partial charge in [-0.3, -0.25) is 0 Å². The Hall–Kier alpha value is -0.0969. The van der Waals surface area contributed by atoms with Gasteiger partial charge in [0.15, 0.2) is 0 Å². The van der Waals surface area contributed by atoms with E-state index in [9.17, 15) is 0 Å². The third-order valence-corrected chi connectivity index (χ3v) is 5.21. The molecule has 0 bridgehead atoms. The van der Waals surface area contributed by atoms with Crippen LogP contribution in [0, 0.1) is 60.2 Å². The molecular weight excluding hydrogens is 450 g/mol. The molecule has 0 unspecified atom stereocenters. The van der Waals surface area contributed by atoms with E-state index in [-0.39, 0.29) is 0 Å². The first-order valence-corrected chi connectivity index (χ1v) is 15.3. The maximum absolute atomic E-state index is 4.93. The van der Waals surface area contributed by atoms with E-state index in [1.807, 2.05) is 0 Å². The number of hydrogen-bond donors (Lipinski definition) is 0. The molecule has 0 atom stereocenters. The zero-order valence-electron chi connectivity index (χ0n) is 14.8. The second-order valence-electron chi connectivity index (χ2n) is 6.59. The van der Waals surface area contributed by atoms with Crippen LogP contribution in [0.15, 0.2) is 72.9 Å². The Balaban J connectivity index is 0.000000565. The van der Waals surface area contributed by atoms with Crippen LogP contribution in [0.2, 0.25) is 0 Å². The third kappa shape index (κ3) is 4.27. The Morgan fingerprint density at radius 2 is 1.04 bits per heavy atom. The summed E-state index contributed by atoms with van der Waals surface area (Å²) in [7, 11) is 9.87. The summed E-state index contributed by atoms with van der Waals surface area (Å²) in [6.45, 7) is 0. The van der Waals surface area contributed by atoms with Crippen molar-refractivity contribution in [3.05, 3.63) is 133 Å². The van der Waals surface area contributed by atoms with E-state index < -0.39 is 20.8 Å². The van der Waals surface area contributed by atoms with Crippen LogP contribution in [0.5, 0.6) is 0 Å². The minimum atomic E-state index is -0.826. The summed E-state index contributed by atoms with van der Waals surface area (Å²) in [6, 6.07) is 0. The molecule has 0 aromatic carbocycles. The summed E-state index contributed by atoms with van der Waals surface area (Å²) in [5.74, 6) is 11.3. The summed E-state index contributed by atoms with van der Waals surface area (Å²) < 4.78 is 0. The molecule has 5 aliphatic carbocycles. The second kappa shape index (κ2) is 9.60. The fourth-order valence-corrected chi connectivity index (χ4v) is 4.07. The predicted molar refractivity (Wildman–Crippen MR) is 110 cm³/mol. The molecule has 0 saturated heterocycles. The van der Waals surface area contributed by atoms with Crippen LogP contribution in [0.1, 0.15) is 12.8 Å². The van der Waals surface area contributed by atoms with E-state index >= 15 is 0 Å². The molecule has 5 rings (SSSR count). The van der Waals surface area contributed by atoms with Crippen LogP contribution < -0.4 is 0 Å². The van der Waals surface area contributed by atoms with E-state index in [4.69, 9.17) is 17.0 Å². The van der Waals surface area contributed by atoms with Crippen LogP contribution in [-0.4, -0.2) is 0 Å². The minimum absolute atomic E-state index is 0.826. The molecule has 0 aromatic heterocycles. The Kier molecular flexibility index (Phi) is 7.18. The summed E-state index contributed by atoms with van der Waals surface area (Å²) in [6.07, 6.45) is 33.0. The normalized spacial score (nSPS) is 26.1. The molecule has 0 amide bonds. The zero-order chi connectivity index (χ0) is 18.6. The maximum atomic E-state index is 4.93. The first-order chi connectivity index (χ1) is 13.3. The topological polar surface area (TPSA) is 0 Å². The van der Waals surface area contributed by atoms with Crippen LogP contribution in [-0.2, 0) is 20.8 Å². The van der Waals surface area contributed by atoms with Crippen molar-refractivity contribution in [1.29, 1.82) is 0 Å². The van der Waals surface area contributed by atoms with Crippen LogP contribution in [0.25, 0.3) is 0 Å². The van der Waals surface area contributed by atoms with Gasteiger partial charge in [-0.2, -0.15) is 0 Å². The zero-order valence-corrected chi connectivity index (χ0v) is 18.7. The number of hydrogen-bond acceptors (Lipinski definition) is 0. The van der Waals surface area contributed by atoms with Crippen molar-refractivity contribution in [3.8, 4) is 0 Å². The molecule has 0 N–H and O–H groups in total. The molecule has 0 heterocycles. The first-order valence-electron chi connectivity index (χ1n) is 8.98. The van der Waals surface area contributed by atoms with E-state index in [0.717, 1.165) is 12.8 Å². The number of halogens is 2. The SMILES string of the molecule is [CH]1[CH][C](CC[C]2[C]3C=CC=C[C]3[C]3C=CC=C[C]32)[C]2C=CC=C[C]12.[Cl][Zr+2][Cl]. The molecule has 0 spiro atoms. The van der Waals surface area contributed by atoms with Gasteiger partial charge in [-0.05, 0) is 37.5 Å². The van der Waals surface area contributed by atoms with E-state index in [2.05, 4.69) is 85.8 Å². The van der Waals surface area contributed by atoms with Gasteiger partial charge in [-0.1, -0.05) is 72.9 Å². The van der Waals surface area contributed by atoms with Gasteiger partial charge in [0.2, 0.25) is 0 Å². The number of fused-ring (bicyclic) bond motifs is 4. The molecule has 2 fully saturated rings. The Labute approximate surface area is 182 Å². The summed E-state index contributed by atoms with van der Waals surface area (Å²) in [5.41, 5.74) is 0. The van der Waals surface area contributed by atoms with Crippen molar-refractivity contribution in [2.45, 2.75) is 12.8 Å². The molecular formula is C24H18Cl2Zr+2. The molecule has 5 aliphatic rings. The van der Waals surface area contributed by atoms with Gasteiger partial charge in [0, 0.05) is 35.5 Å². The van der Waals surface area contributed by atoms with Crippen LogP contribution in [0.4, 0.5) is 0 Å². The fourth-order valence-electron chi connectivity index (χ4n) is 4.07. The van der Waals surface area contributed by atoms with Gasteiger partial charge in [0.1, 0.15) is 0 Å². The molecule has 3 heteroatoms. The standard InChI is InChI=1S/C24H18.2ClH.Zr/c1-2-8-19-17(7-1)13-14-18(19)15-16-24-22-11-5-3-9-20(22)21-10-4-6-12-23(21)24;;;/h1-14H,15-16H2;2*1H;/q;;;+4/p-2. The van der Waals surface area contributed by atoms with E-state index in [0.29, 0.717) is 0 Å². The molecule has 0 nitrogen and oxygen atoms in total. The monoisotopic (exact) mass is 466 g/mol. The van der Waals surface area contributed by atoms with Crippen LogP contribution in [0.3, 0.4) is 0 Å². The molecule has 2 saturated carbocycles. The fraction of sp³-hybridized carbons (Fsp3) is 0.0833. The van der Waals surface area contributed by atoms with Crippen molar-refractivity contribution in [2.24, 2.45) is 0 Å². The Morgan fingerprint density at radius 3 is 1.63 bits per heavy atom. The Morgan fingerprint density at radius 1 is 0.556 bits per heavy atom. The second-order valence-corrected chi connectivity index (χ2v) is 10.3.